The molecule has 0 unspecified atom stereocenters. The molecule has 0 aliphatic carbocycles. The average Bonchev–Trinajstić information content (AvgIpc) is 2.62. The van der Waals surface area contributed by atoms with Crippen molar-refractivity contribution >= 4 is 17.8 Å². The van der Waals surface area contributed by atoms with Crippen molar-refractivity contribution in [1.29, 1.82) is 0 Å². The van der Waals surface area contributed by atoms with Crippen molar-refractivity contribution in [2.24, 2.45) is 16.5 Å². The van der Waals surface area contributed by atoms with Gasteiger partial charge in [-0.2, -0.15) is 0 Å². The summed E-state index contributed by atoms with van der Waals surface area (Å²) in [5, 5.41) is 0. The number of rotatable bonds is 3. The number of amides is 1. The Kier molecular flexibility index (Phi) is 2.51. The van der Waals surface area contributed by atoms with Crippen LogP contribution in [0.4, 0.5) is 5.69 Å². The molecular formula is C11H13N3O. The number of para-hydroxylation sites is 1. The molecule has 15 heavy (non-hydrogen) atoms. The highest BCUT2D eigenvalue weighted by Crippen LogP contribution is 2.33. The van der Waals surface area contributed by atoms with E-state index < -0.39 is 11.9 Å². The summed E-state index contributed by atoms with van der Waals surface area (Å²) >= 11 is 0. The summed E-state index contributed by atoms with van der Waals surface area (Å²) in [6.07, 6.45) is 2.35. The molecule has 4 N–H and O–H groups in total. The fourth-order valence-electron chi connectivity index (χ4n) is 1.75. The lowest BCUT2D eigenvalue weighted by Gasteiger charge is -2.12. The van der Waals surface area contributed by atoms with Crippen molar-refractivity contribution in [3.63, 3.8) is 0 Å². The monoisotopic (exact) mass is 203 g/mol. The van der Waals surface area contributed by atoms with Gasteiger partial charge in [0.25, 0.3) is 0 Å². The van der Waals surface area contributed by atoms with Gasteiger partial charge in [-0.15, -0.1) is 0 Å². The molecule has 2 rings (SSSR count). The maximum absolute atomic E-state index is 10.9. The number of hydrogen-bond acceptors (Lipinski definition) is 3. The van der Waals surface area contributed by atoms with Crippen LogP contribution in [-0.4, -0.2) is 18.2 Å². The molecule has 0 spiro atoms. The van der Waals surface area contributed by atoms with Crippen molar-refractivity contribution in [2.45, 2.75) is 18.4 Å². The van der Waals surface area contributed by atoms with Gasteiger partial charge < -0.3 is 11.5 Å². The first-order chi connectivity index (χ1) is 7.18. The van der Waals surface area contributed by atoms with Crippen molar-refractivity contribution in [3.8, 4) is 0 Å². The first-order valence-corrected chi connectivity index (χ1v) is 4.86. The topological polar surface area (TPSA) is 81.5 Å². The van der Waals surface area contributed by atoms with E-state index in [1.807, 2.05) is 30.5 Å². The van der Waals surface area contributed by atoms with E-state index in [2.05, 4.69) is 4.99 Å². The van der Waals surface area contributed by atoms with E-state index in [9.17, 15) is 4.79 Å². The Bertz CT molecular complexity index is 414. The maximum Gasteiger partial charge on any atom is 0.234 e. The second kappa shape index (κ2) is 3.82. The molecule has 1 aliphatic heterocycles. The summed E-state index contributed by atoms with van der Waals surface area (Å²) < 4.78 is 0. The quantitative estimate of drug-likeness (QED) is 0.757. The van der Waals surface area contributed by atoms with Gasteiger partial charge in [0.05, 0.1) is 11.7 Å². The van der Waals surface area contributed by atoms with Crippen molar-refractivity contribution in [2.75, 3.05) is 0 Å². The Morgan fingerprint density at radius 1 is 1.47 bits per heavy atom. The minimum atomic E-state index is -0.604. The van der Waals surface area contributed by atoms with Gasteiger partial charge in [0.2, 0.25) is 5.91 Å². The van der Waals surface area contributed by atoms with E-state index in [0.29, 0.717) is 6.42 Å². The summed E-state index contributed by atoms with van der Waals surface area (Å²) in [4.78, 5) is 15.1. The summed E-state index contributed by atoms with van der Waals surface area (Å²) in [6.45, 7) is 0. The van der Waals surface area contributed by atoms with Gasteiger partial charge in [0.1, 0.15) is 0 Å². The van der Waals surface area contributed by atoms with E-state index in [1.165, 1.54) is 0 Å². The Hall–Kier alpha value is -1.68. The number of hydrogen-bond donors (Lipinski definition) is 2. The zero-order valence-corrected chi connectivity index (χ0v) is 8.26. The van der Waals surface area contributed by atoms with Crippen LogP contribution in [0.3, 0.4) is 0 Å². The van der Waals surface area contributed by atoms with Gasteiger partial charge >= 0.3 is 0 Å². The van der Waals surface area contributed by atoms with E-state index >= 15 is 0 Å². The van der Waals surface area contributed by atoms with Crippen LogP contribution in [0.25, 0.3) is 0 Å². The number of nitrogens with two attached hydrogens (primary N) is 2. The van der Waals surface area contributed by atoms with E-state index in [4.69, 9.17) is 11.5 Å². The van der Waals surface area contributed by atoms with Crippen LogP contribution in [0.1, 0.15) is 17.9 Å². The molecule has 0 fully saturated rings. The Balaban J connectivity index is 2.15. The van der Waals surface area contributed by atoms with E-state index in [0.717, 1.165) is 11.3 Å². The molecule has 4 heteroatoms. The lowest BCUT2D eigenvalue weighted by atomic mass is 9.94. The average molecular weight is 203 g/mol. The molecule has 1 aromatic carbocycles. The maximum atomic E-state index is 10.9. The van der Waals surface area contributed by atoms with Crippen LogP contribution in [0.15, 0.2) is 29.3 Å². The molecule has 1 aromatic rings. The zero-order chi connectivity index (χ0) is 10.8. The molecular weight excluding hydrogens is 190 g/mol. The van der Waals surface area contributed by atoms with E-state index in [1.54, 1.807) is 0 Å². The Morgan fingerprint density at radius 3 is 2.93 bits per heavy atom. The molecule has 78 valence electrons. The summed E-state index contributed by atoms with van der Waals surface area (Å²) in [5.41, 5.74) is 12.8. The van der Waals surface area contributed by atoms with Gasteiger partial charge in [-0.05, 0) is 18.1 Å². The molecule has 1 heterocycles. The largest absolute Gasteiger partial charge is 0.368 e. The first-order valence-electron chi connectivity index (χ1n) is 4.86. The third kappa shape index (κ3) is 1.89. The lowest BCUT2D eigenvalue weighted by molar-refractivity contribution is -0.119. The SMILES string of the molecule is NC(=O)[C@@H](N)C[C@H]1C=Nc2ccccc21. The summed E-state index contributed by atoms with van der Waals surface area (Å²) in [5.74, 6) is -0.350. The highest BCUT2D eigenvalue weighted by molar-refractivity contribution is 5.84. The lowest BCUT2D eigenvalue weighted by Crippen LogP contribution is -2.37. The van der Waals surface area contributed by atoms with Gasteiger partial charge in [-0.25, -0.2) is 0 Å². The molecule has 0 aromatic heterocycles. The van der Waals surface area contributed by atoms with Crippen LogP contribution < -0.4 is 11.5 Å². The van der Waals surface area contributed by atoms with E-state index in [-0.39, 0.29) is 5.92 Å². The Morgan fingerprint density at radius 2 is 2.20 bits per heavy atom. The van der Waals surface area contributed by atoms with Crippen molar-refractivity contribution in [3.05, 3.63) is 29.8 Å². The minimum Gasteiger partial charge on any atom is -0.368 e. The molecule has 2 atom stereocenters. The van der Waals surface area contributed by atoms with Crippen molar-refractivity contribution < 1.29 is 4.79 Å². The highest BCUT2D eigenvalue weighted by Gasteiger charge is 2.22. The number of carbonyl (C=O) groups is 1. The summed E-state index contributed by atoms with van der Waals surface area (Å²) in [6, 6.07) is 7.23. The first kappa shape index (κ1) is 9.86. The molecule has 0 bridgehead atoms. The molecule has 1 amide bonds. The minimum absolute atomic E-state index is 0.115. The fraction of sp³-hybridized carbons (Fsp3) is 0.273. The van der Waals surface area contributed by atoms with Crippen molar-refractivity contribution in [1.82, 2.24) is 0 Å². The predicted molar refractivity (Wildman–Crippen MR) is 59.1 cm³/mol. The standard InChI is InChI=1S/C11H13N3O/c12-9(11(13)15)5-7-6-14-10-4-2-1-3-8(7)10/h1-4,6-7,9H,5,12H2,(H2,13,15)/t7-,9-/m0/s1. The highest BCUT2D eigenvalue weighted by atomic mass is 16.1. The number of fused-ring (bicyclic) bond motifs is 1. The molecule has 0 saturated carbocycles. The van der Waals surface area contributed by atoms with Crippen LogP contribution >= 0.6 is 0 Å². The van der Waals surface area contributed by atoms with Crippen LogP contribution in [0.5, 0.6) is 0 Å². The fourth-order valence-corrected chi connectivity index (χ4v) is 1.75. The molecule has 0 radical (unpaired) electrons. The van der Waals surface area contributed by atoms with Gasteiger partial charge in [0.15, 0.2) is 0 Å². The number of benzene rings is 1. The second-order valence-electron chi connectivity index (χ2n) is 3.69. The number of carbonyl (C=O) groups excluding carboxylic acids is 1. The van der Waals surface area contributed by atoms with Gasteiger partial charge in [-0.3, -0.25) is 9.79 Å². The smallest absolute Gasteiger partial charge is 0.234 e. The predicted octanol–water partition coefficient (Wildman–Crippen LogP) is 0.689. The molecule has 1 aliphatic rings. The third-order valence-corrected chi connectivity index (χ3v) is 2.60. The third-order valence-electron chi connectivity index (χ3n) is 2.60. The van der Waals surface area contributed by atoms with Crippen LogP contribution in [0, 0.1) is 0 Å². The summed E-state index contributed by atoms with van der Waals surface area (Å²) in [7, 11) is 0. The zero-order valence-electron chi connectivity index (χ0n) is 8.26. The molecule has 4 nitrogen and oxygen atoms in total. The van der Waals surface area contributed by atoms with Crippen LogP contribution in [-0.2, 0) is 4.79 Å². The van der Waals surface area contributed by atoms with Crippen LogP contribution in [0.2, 0.25) is 0 Å². The molecule has 0 saturated heterocycles. The number of aliphatic imine (C=N–C) groups is 1. The van der Waals surface area contributed by atoms with Gasteiger partial charge in [0, 0.05) is 12.1 Å². The van der Waals surface area contributed by atoms with Gasteiger partial charge in [-0.1, -0.05) is 18.2 Å². The Labute approximate surface area is 88.0 Å². The number of nitrogens with zero attached hydrogens (tertiary/aromatic N) is 1. The number of primary amides is 1. The normalized spacial score (nSPS) is 19.9. The second-order valence-corrected chi connectivity index (χ2v) is 3.69.